The smallest absolute Gasteiger partial charge is 0.261 e. The molecule has 2 aromatic rings. The molecule has 0 bridgehead atoms. The SMILES string of the molecule is Cc1cccc(=O)n1CCN1C(=O)c2ccccc2C1=O. The molecule has 2 heterocycles. The molecule has 0 spiro atoms. The molecule has 5 heteroatoms. The van der Waals surface area contributed by atoms with Crippen LogP contribution >= 0.6 is 0 Å². The predicted octanol–water partition coefficient (Wildman–Crippen LogP) is 1.45. The number of nitrogens with zero attached hydrogens (tertiary/aromatic N) is 2. The molecular weight excluding hydrogens is 268 g/mol. The minimum Gasteiger partial charge on any atom is -0.311 e. The molecule has 0 fully saturated rings. The first-order valence-electron chi connectivity index (χ1n) is 6.71. The van der Waals surface area contributed by atoms with Crippen LogP contribution < -0.4 is 5.56 Å². The standard InChI is InChI=1S/C16H14N2O3/c1-11-5-4-8-14(19)17(11)9-10-18-15(20)12-6-2-3-7-13(12)16(18)21/h2-8H,9-10H2,1H3. The van der Waals surface area contributed by atoms with E-state index in [9.17, 15) is 14.4 Å². The van der Waals surface area contributed by atoms with Crippen LogP contribution in [0.25, 0.3) is 0 Å². The van der Waals surface area contributed by atoms with Crippen LogP contribution in [-0.2, 0) is 6.54 Å². The summed E-state index contributed by atoms with van der Waals surface area (Å²) >= 11 is 0. The van der Waals surface area contributed by atoms with Crippen LogP contribution in [0.2, 0.25) is 0 Å². The molecule has 0 saturated carbocycles. The minimum absolute atomic E-state index is 0.133. The van der Waals surface area contributed by atoms with E-state index in [1.54, 1.807) is 34.9 Å². The van der Waals surface area contributed by atoms with Crippen LogP contribution in [0.4, 0.5) is 0 Å². The van der Waals surface area contributed by atoms with Crippen molar-refractivity contribution >= 4 is 11.8 Å². The Balaban J connectivity index is 1.83. The summed E-state index contributed by atoms with van der Waals surface area (Å²) in [5.41, 5.74) is 1.53. The molecule has 2 amide bonds. The van der Waals surface area contributed by atoms with E-state index < -0.39 is 0 Å². The van der Waals surface area contributed by atoms with E-state index in [0.29, 0.717) is 17.7 Å². The van der Waals surface area contributed by atoms with Crippen molar-refractivity contribution in [1.29, 1.82) is 0 Å². The summed E-state index contributed by atoms with van der Waals surface area (Å²) in [7, 11) is 0. The van der Waals surface area contributed by atoms with Gasteiger partial charge in [0.15, 0.2) is 0 Å². The highest BCUT2D eigenvalue weighted by molar-refractivity contribution is 6.21. The van der Waals surface area contributed by atoms with Gasteiger partial charge in [0.25, 0.3) is 17.4 Å². The zero-order chi connectivity index (χ0) is 15.0. The van der Waals surface area contributed by atoms with E-state index in [4.69, 9.17) is 0 Å². The molecule has 0 saturated heterocycles. The molecule has 1 aliphatic heterocycles. The molecule has 0 unspecified atom stereocenters. The fourth-order valence-electron chi connectivity index (χ4n) is 2.55. The Kier molecular flexibility index (Phi) is 3.17. The Morgan fingerprint density at radius 2 is 1.43 bits per heavy atom. The van der Waals surface area contributed by atoms with Gasteiger partial charge < -0.3 is 4.57 Å². The van der Waals surface area contributed by atoms with Crippen LogP contribution in [0.1, 0.15) is 26.4 Å². The number of aromatic nitrogens is 1. The van der Waals surface area contributed by atoms with Gasteiger partial charge in [0.05, 0.1) is 11.1 Å². The van der Waals surface area contributed by atoms with Gasteiger partial charge >= 0.3 is 0 Å². The summed E-state index contributed by atoms with van der Waals surface area (Å²) in [5.74, 6) is -0.588. The summed E-state index contributed by atoms with van der Waals surface area (Å²) in [5, 5.41) is 0. The molecule has 5 nitrogen and oxygen atoms in total. The third-order valence-electron chi connectivity index (χ3n) is 3.69. The second-order valence-corrected chi connectivity index (χ2v) is 4.96. The number of fused-ring (bicyclic) bond motifs is 1. The average molecular weight is 282 g/mol. The lowest BCUT2D eigenvalue weighted by molar-refractivity contribution is 0.0648. The average Bonchev–Trinajstić information content (AvgIpc) is 2.72. The topological polar surface area (TPSA) is 59.4 Å². The molecular formula is C16H14N2O3. The van der Waals surface area contributed by atoms with Crippen molar-refractivity contribution in [3.8, 4) is 0 Å². The van der Waals surface area contributed by atoms with Gasteiger partial charge in [-0.2, -0.15) is 0 Å². The molecule has 0 N–H and O–H groups in total. The largest absolute Gasteiger partial charge is 0.311 e. The number of hydrogen-bond acceptors (Lipinski definition) is 3. The van der Waals surface area contributed by atoms with Gasteiger partial charge in [-0.3, -0.25) is 19.3 Å². The maximum Gasteiger partial charge on any atom is 0.261 e. The highest BCUT2D eigenvalue weighted by Gasteiger charge is 2.34. The first kappa shape index (κ1) is 13.3. The first-order chi connectivity index (χ1) is 10.1. The highest BCUT2D eigenvalue weighted by atomic mass is 16.2. The van der Waals surface area contributed by atoms with Gasteiger partial charge in [-0.1, -0.05) is 18.2 Å². The van der Waals surface area contributed by atoms with E-state index in [1.807, 2.05) is 13.0 Å². The number of carbonyl (C=O) groups excluding carboxylic acids is 2. The van der Waals surface area contributed by atoms with Crippen molar-refractivity contribution in [1.82, 2.24) is 9.47 Å². The lowest BCUT2D eigenvalue weighted by Crippen LogP contribution is -2.35. The van der Waals surface area contributed by atoms with Crippen molar-refractivity contribution < 1.29 is 9.59 Å². The van der Waals surface area contributed by atoms with Gasteiger partial charge in [0.2, 0.25) is 0 Å². The Bertz CT molecular complexity index is 757. The third kappa shape index (κ3) is 2.16. The van der Waals surface area contributed by atoms with Crippen molar-refractivity contribution in [2.45, 2.75) is 13.5 Å². The van der Waals surface area contributed by atoms with E-state index in [-0.39, 0.29) is 23.9 Å². The zero-order valence-corrected chi connectivity index (χ0v) is 11.6. The van der Waals surface area contributed by atoms with Crippen molar-refractivity contribution in [2.24, 2.45) is 0 Å². The molecule has 0 atom stereocenters. The summed E-state index contributed by atoms with van der Waals surface area (Å²) < 4.78 is 1.56. The summed E-state index contributed by atoms with van der Waals surface area (Å²) in [6.07, 6.45) is 0. The monoisotopic (exact) mass is 282 g/mol. The summed E-state index contributed by atoms with van der Waals surface area (Å²) in [6.45, 7) is 2.32. The van der Waals surface area contributed by atoms with Gasteiger partial charge in [-0.25, -0.2) is 0 Å². The second kappa shape index (κ2) is 5.01. The molecule has 1 aliphatic rings. The van der Waals surface area contributed by atoms with E-state index in [2.05, 4.69) is 0 Å². The van der Waals surface area contributed by atoms with Gasteiger partial charge in [-0.05, 0) is 25.1 Å². The molecule has 21 heavy (non-hydrogen) atoms. The highest BCUT2D eigenvalue weighted by Crippen LogP contribution is 2.22. The fraction of sp³-hybridized carbons (Fsp3) is 0.188. The Labute approximate surface area is 121 Å². The maximum absolute atomic E-state index is 12.2. The predicted molar refractivity (Wildman–Crippen MR) is 77.2 cm³/mol. The van der Waals surface area contributed by atoms with E-state index >= 15 is 0 Å². The number of benzene rings is 1. The van der Waals surface area contributed by atoms with Crippen molar-refractivity contribution in [3.05, 3.63) is 69.6 Å². The molecule has 0 radical (unpaired) electrons. The van der Waals surface area contributed by atoms with Crippen LogP contribution in [0.5, 0.6) is 0 Å². The van der Waals surface area contributed by atoms with Gasteiger partial charge in [0, 0.05) is 24.8 Å². The Morgan fingerprint density at radius 1 is 0.810 bits per heavy atom. The van der Waals surface area contributed by atoms with E-state index in [1.165, 1.54) is 11.0 Å². The number of aryl methyl sites for hydroxylation is 1. The first-order valence-corrected chi connectivity index (χ1v) is 6.71. The van der Waals surface area contributed by atoms with Crippen LogP contribution in [0, 0.1) is 6.92 Å². The summed E-state index contributed by atoms with van der Waals surface area (Å²) in [6, 6.07) is 11.7. The minimum atomic E-state index is -0.294. The number of pyridine rings is 1. The van der Waals surface area contributed by atoms with Crippen LogP contribution in [0.3, 0.4) is 0 Å². The molecule has 3 rings (SSSR count). The lowest BCUT2D eigenvalue weighted by atomic mass is 10.1. The zero-order valence-electron chi connectivity index (χ0n) is 11.6. The van der Waals surface area contributed by atoms with Crippen LogP contribution in [0.15, 0.2) is 47.3 Å². The lowest BCUT2D eigenvalue weighted by Gasteiger charge is -2.16. The van der Waals surface area contributed by atoms with Crippen LogP contribution in [-0.4, -0.2) is 27.8 Å². The van der Waals surface area contributed by atoms with Gasteiger partial charge in [-0.15, -0.1) is 0 Å². The second-order valence-electron chi connectivity index (χ2n) is 4.96. The number of carbonyl (C=O) groups is 2. The third-order valence-corrected chi connectivity index (χ3v) is 3.69. The molecule has 1 aromatic carbocycles. The normalized spacial score (nSPS) is 13.7. The fourth-order valence-corrected chi connectivity index (χ4v) is 2.55. The maximum atomic E-state index is 12.2. The van der Waals surface area contributed by atoms with Crippen molar-refractivity contribution in [3.63, 3.8) is 0 Å². The quantitative estimate of drug-likeness (QED) is 0.801. The Hall–Kier alpha value is -2.69. The van der Waals surface area contributed by atoms with Crippen molar-refractivity contribution in [2.75, 3.05) is 6.54 Å². The number of rotatable bonds is 3. The molecule has 106 valence electrons. The number of amides is 2. The molecule has 1 aromatic heterocycles. The number of imide groups is 1. The summed E-state index contributed by atoms with van der Waals surface area (Å²) in [4.78, 5) is 37.4. The van der Waals surface area contributed by atoms with Gasteiger partial charge in [0.1, 0.15) is 0 Å². The number of hydrogen-bond donors (Lipinski definition) is 0. The Morgan fingerprint density at radius 3 is 2.00 bits per heavy atom. The molecule has 0 aliphatic carbocycles. The van der Waals surface area contributed by atoms with E-state index in [0.717, 1.165) is 5.69 Å².